The van der Waals surface area contributed by atoms with Crippen molar-refractivity contribution in [3.8, 4) is 0 Å². The fourth-order valence-electron chi connectivity index (χ4n) is 2.74. The van der Waals surface area contributed by atoms with Crippen LogP contribution in [0, 0.1) is 0 Å². The van der Waals surface area contributed by atoms with Gasteiger partial charge in [-0.2, -0.15) is 0 Å². The summed E-state index contributed by atoms with van der Waals surface area (Å²) in [5.74, 6) is 0. The van der Waals surface area contributed by atoms with E-state index in [1.165, 1.54) is 35.6 Å². The van der Waals surface area contributed by atoms with E-state index in [0.717, 1.165) is 19.1 Å². The largest absolute Gasteiger partial charge is 0.311 e. The normalized spacial score (nSPS) is 25.5. The second-order valence-electron chi connectivity index (χ2n) is 5.40. The second kappa shape index (κ2) is 6.69. The molecule has 1 N–H and O–H groups in total. The molecule has 1 aliphatic heterocycles. The Labute approximate surface area is 115 Å². The van der Waals surface area contributed by atoms with E-state index in [9.17, 15) is 0 Å². The lowest BCUT2D eigenvalue weighted by molar-refractivity contribution is 0.121. The first-order valence-electron chi connectivity index (χ1n) is 7.28. The van der Waals surface area contributed by atoms with Gasteiger partial charge in [0.1, 0.15) is 0 Å². The molecule has 0 spiro atoms. The van der Waals surface area contributed by atoms with E-state index in [-0.39, 0.29) is 0 Å². The van der Waals surface area contributed by atoms with Gasteiger partial charge >= 0.3 is 0 Å². The number of nitrogens with one attached hydrogen (secondary N) is 1. The molecule has 2 rings (SSSR count). The number of rotatable bonds is 5. The highest BCUT2D eigenvalue weighted by molar-refractivity contribution is 7.11. The van der Waals surface area contributed by atoms with Gasteiger partial charge in [-0.15, -0.1) is 11.3 Å². The zero-order valence-corrected chi connectivity index (χ0v) is 12.7. The monoisotopic (exact) mass is 266 g/mol. The Morgan fingerprint density at radius 1 is 1.33 bits per heavy atom. The quantitative estimate of drug-likeness (QED) is 0.880. The van der Waals surface area contributed by atoms with Crippen LogP contribution in [-0.2, 0) is 13.0 Å². The molecular formula is C15H26N2S. The van der Waals surface area contributed by atoms with E-state index in [0.29, 0.717) is 6.04 Å². The van der Waals surface area contributed by atoms with Gasteiger partial charge in [0.15, 0.2) is 0 Å². The molecule has 18 heavy (non-hydrogen) atoms. The second-order valence-corrected chi connectivity index (χ2v) is 6.66. The summed E-state index contributed by atoms with van der Waals surface area (Å²) in [5.41, 5.74) is 0. The molecule has 2 nitrogen and oxygen atoms in total. The van der Waals surface area contributed by atoms with Gasteiger partial charge in [-0.3, -0.25) is 4.90 Å². The van der Waals surface area contributed by atoms with Crippen LogP contribution in [0.25, 0.3) is 0 Å². The van der Waals surface area contributed by atoms with E-state index in [1.807, 2.05) is 11.3 Å². The molecule has 1 saturated heterocycles. The van der Waals surface area contributed by atoms with Gasteiger partial charge in [0.2, 0.25) is 0 Å². The third-order valence-corrected chi connectivity index (χ3v) is 4.99. The van der Waals surface area contributed by atoms with Gasteiger partial charge in [-0.1, -0.05) is 20.3 Å². The van der Waals surface area contributed by atoms with Crippen LogP contribution < -0.4 is 5.32 Å². The Morgan fingerprint density at radius 2 is 2.11 bits per heavy atom. The molecule has 3 heteroatoms. The number of hydrogen-bond acceptors (Lipinski definition) is 3. The van der Waals surface area contributed by atoms with Crippen molar-refractivity contribution in [2.24, 2.45) is 0 Å². The van der Waals surface area contributed by atoms with Crippen LogP contribution >= 0.6 is 11.3 Å². The standard InChI is InChI=1S/C15H26N2S/c1-4-6-13-9-16-12(3)10-17(13)11-15-8-7-14(5-2)18-15/h7-8,12-13,16H,4-6,9-11H2,1-3H3. The molecule has 0 bridgehead atoms. The maximum Gasteiger partial charge on any atom is 0.0332 e. The molecule has 2 unspecified atom stereocenters. The van der Waals surface area contributed by atoms with Crippen molar-refractivity contribution in [2.75, 3.05) is 13.1 Å². The summed E-state index contributed by atoms with van der Waals surface area (Å²) in [6, 6.07) is 5.96. The average molecular weight is 266 g/mol. The summed E-state index contributed by atoms with van der Waals surface area (Å²) < 4.78 is 0. The highest BCUT2D eigenvalue weighted by atomic mass is 32.1. The lowest BCUT2D eigenvalue weighted by Crippen LogP contribution is -2.54. The van der Waals surface area contributed by atoms with Gasteiger partial charge in [-0.25, -0.2) is 0 Å². The molecule has 2 atom stereocenters. The SMILES string of the molecule is CCCC1CNC(C)CN1Cc1ccc(CC)s1. The molecule has 0 radical (unpaired) electrons. The predicted molar refractivity (Wildman–Crippen MR) is 80.3 cm³/mol. The van der Waals surface area contributed by atoms with Crippen LogP contribution in [0.15, 0.2) is 12.1 Å². The Hall–Kier alpha value is -0.380. The topological polar surface area (TPSA) is 15.3 Å². The fourth-order valence-corrected chi connectivity index (χ4v) is 3.72. The predicted octanol–water partition coefficient (Wildman–Crippen LogP) is 3.27. The van der Waals surface area contributed by atoms with E-state index in [2.05, 4.69) is 43.1 Å². The zero-order valence-electron chi connectivity index (χ0n) is 11.9. The number of nitrogens with zero attached hydrogens (tertiary/aromatic N) is 1. The molecule has 102 valence electrons. The summed E-state index contributed by atoms with van der Waals surface area (Å²) in [5, 5.41) is 3.61. The minimum atomic E-state index is 0.628. The molecule has 0 amide bonds. The van der Waals surface area contributed by atoms with Crippen molar-refractivity contribution in [1.29, 1.82) is 0 Å². The van der Waals surface area contributed by atoms with Crippen molar-refractivity contribution < 1.29 is 0 Å². The Morgan fingerprint density at radius 3 is 2.78 bits per heavy atom. The number of piperazine rings is 1. The molecular weight excluding hydrogens is 240 g/mol. The van der Waals surface area contributed by atoms with E-state index in [1.54, 1.807) is 0 Å². The molecule has 1 aliphatic rings. The van der Waals surface area contributed by atoms with Gasteiger partial charge in [-0.05, 0) is 31.9 Å². The number of aryl methyl sites for hydroxylation is 1. The van der Waals surface area contributed by atoms with Crippen LogP contribution in [-0.4, -0.2) is 30.1 Å². The summed E-state index contributed by atoms with van der Waals surface area (Å²) in [7, 11) is 0. The van der Waals surface area contributed by atoms with Crippen molar-refractivity contribution in [2.45, 2.75) is 58.7 Å². The molecule has 1 fully saturated rings. The maximum atomic E-state index is 3.61. The van der Waals surface area contributed by atoms with Crippen LogP contribution in [0.2, 0.25) is 0 Å². The van der Waals surface area contributed by atoms with Gasteiger partial charge in [0.05, 0.1) is 0 Å². The molecule has 1 aromatic rings. The first-order chi connectivity index (χ1) is 8.72. The number of hydrogen-bond donors (Lipinski definition) is 1. The van der Waals surface area contributed by atoms with Crippen molar-refractivity contribution in [1.82, 2.24) is 10.2 Å². The van der Waals surface area contributed by atoms with Gasteiger partial charge in [0, 0.05) is 41.5 Å². The number of thiophene rings is 1. The first kappa shape index (κ1) is 14.0. The zero-order chi connectivity index (χ0) is 13.0. The Bertz CT molecular complexity index is 361. The van der Waals surface area contributed by atoms with Gasteiger partial charge < -0.3 is 5.32 Å². The first-order valence-corrected chi connectivity index (χ1v) is 8.09. The van der Waals surface area contributed by atoms with Crippen LogP contribution in [0.5, 0.6) is 0 Å². The van der Waals surface area contributed by atoms with Crippen LogP contribution in [0.3, 0.4) is 0 Å². The molecule has 1 aromatic heterocycles. The minimum Gasteiger partial charge on any atom is -0.311 e. The van der Waals surface area contributed by atoms with E-state index in [4.69, 9.17) is 0 Å². The van der Waals surface area contributed by atoms with Crippen LogP contribution in [0.1, 0.15) is 43.4 Å². The highest BCUT2D eigenvalue weighted by Gasteiger charge is 2.25. The summed E-state index contributed by atoms with van der Waals surface area (Å²) in [6.45, 7) is 10.3. The highest BCUT2D eigenvalue weighted by Crippen LogP contribution is 2.22. The van der Waals surface area contributed by atoms with Crippen LogP contribution in [0.4, 0.5) is 0 Å². The van der Waals surface area contributed by atoms with Crippen molar-refractivity contribution in [3.05, 3.63) is 21.9 Å². The van der Waals surface area contributed by atoms with E-state index < -0.39 is 0 Å². The summed E-state index contributed by atoms with van der Waals surface area (Å²) in [4.78, 5) is 5.72. The molecule has 0 aromatic carbocycles. The van der Waals surface area contributed by atoms with Gasteiger partial charge in [0.25, 0.3) is 0 Å². The minimum absolute atomic E-state index is 0.628. The van der Waals surface area contributed by atoms with E-state index >= 15 is 0 Å². The average Bonchev–Trinajstić information content (AvgIpc) is 2.80. The molecule has 2 heterocycles. The summed E-state index contributed by atoms with van der Waals surface area (Å²) >= 11 is 1.99. The van der Waals surface area contributed by atoms with Crippen molar-refractivity contribution >= 4 is 11.3 Å². The molecule has 0 saturated carbocycles. The maximum absolute atomic E-state index is 3.61. The van der Waals surface area contributed by atoms with Crippen molar-refractivity contribution in [3.63, 3.8) is 0 Å². The Kier molecular flexibility index (Phi) is 5.22. The lowest BCUT2D eigenvalue weighted by atomic mass is 10.1. The Balaban J connectivity index is 1.99. The third kappa shape index (κ3) is 3.56. The lowest BCUT2D eigenvalue weighted by Gasteiger charge is -2.39. The third-order valence-electron chi connectivity index (χ3n) is 3.77. The summed E-state index contributed by atoms with van der Waals surface area (Å²) in [6.07, 6.45) is 3.76. The smallest absolute Gasteiger partial charge is 0.0332 e. The fraction of sp³-hybridized carbons (Fsp3) is 0.733. The molecule has 0 aliphatic carbocycles.